The Bertz CT molecular complexity index is 2060. The summed E-state index contributed by atoms with van der Waals surface area (Å²) >= 11 is 8.33. The number of carbonyl (C=O) groups excluding carboxylic acids is 2. The largest absolute Gasteiger partial charge is 0.370 e. The molecular weight excluding hydrogens is 733 g/mol. The summed E-state index contributed by atoms with van der Waals surface area (Å²) in [7, 11) is 0. The third kappa shape index (κ3) is 7.88. The first kappa shape index (κ1) is 36.2. The Morgan fingerprint density at radius 3 is 1.68 bits per heavy atom. The van der Waals surface area contributed by atoms with E-state index in [0.717, 1.165) is 46.9 Å². The van der Waals surface area contributed by atoms with Crippen molar-refractivity contribution in [3.8, 4) is 0 Å². The smallest absolute Gasteiger partial charge is 0.265 e. The second-order valence-corrected chi connectivity index (χ2v) is 18.0. The zero-order valence-electron chi connectivity index (χ0n) is 29.6. The van der Waals surface area contributed by atoms with Crippen LogP contribution in [0.25, 0.3) is 10.8 Å². The number of para-hydroxylation sites is 2. The Kier molecular flexibility index (Phi) is 11.7. The molecule has 0 saturated carbocycles. The Morgan fingerprint density at radius 1 is 0.509 bits per heavy atom. The predicted molar refractivity (Wildman–Crippen MR) is 232 cm³/mol. The van der Waals surface area contributed by atoms with Crippen molar-refractivity contribution in [1.82, 2.24) is 0 Å². The van der Waals surface area contributed by atoms with Gasteiger partial charge >= 0.3 is 0 Å². The number of carbonyl (C=O) groups is 2. The summed E-state index contributed by atoms with van der Waals surface area (Å²) < 4.78 is 0. The van der Waals surface area contributed by atoms with Crippen LogP contribution in [0.4, 0.5) is 17.1 Å². The highest BCUT2D eigenvalue weighted by Gasteiger charge is 2.36. The van der Waals surface area contributed by atoms with Crippen LogP contribution in [0, 0.1) is 0 Å². The summed E-state index contributed by atoms with van der Waals surface area (Å²) in [5.41, 5.74) is 7.04. The van der Waals surface area contributed by atoms with Crippen molar-refractivity contribution in [2.24, 2.45) is 5.10 Å². The predicted octanol–water partition coefficient (Wildman–Crippen LogP) is 9.75. The number of anilines is 3. The Labute approximate surface area is 329 Å². The van der Waals surface area contributed by atoms with Crippen LogP contribution in [0.1, 0.15) is 44.3 Å². The molecule has 3 aliphatic rings. The Balaban J connectivity index is 1.08. The topological polar surface area (TPSA) is 56.2 Å². The molecule has 1 atom stereocenters. The minimum absolute atomic E-state index is 0.00635. The molecule has 6 nitrogen and oxygen atoms in total. The summed E-state index contributed by atoms with van der Waals surface area (Å²) in [4.78, 5) is 31.6. The van der Waals surface area contributed by atoms with Gasteiger partial charge in [0.25, 0.3) is 11.8 Å². The first-order valence-electron chi connectivity index (χ1n) is 18.2. The molecule has 1 unspecified atom stereocenters. The molecule has 1 fully saturated rings. The molecule has 0 bridgehead atoms. The van der Waals surface area contributed by atoms with Gasteiger partial charge in [-0.25, -0.2) is 4.90 Å². The Hall–Kier alpha value is -3.83. The second kappa shape index (κ2) is 17.1. The van der Waals surface area contributed by atoms with E-state index in [-0.39, 0.29) is 17.9 Å². The van der Waals surface area contributed by atoms with Gasteiger partial charge in [-0.3, -0.25) is 14.6 Å². The van der Waals surface area contributed by atoms with Crippen molar-refractivity contribution in [3.05, 3.63) is 138 Å². The zero-order valence-corrected chi connectivity index (χ0v) is 32.8. The monoisotopic (exact) mass is 774 g/mol. The van der Waals surface area contributed by atoms with Crippen molar-refractivity contribution >= 4 is 92.4 Å². The lowest BCUT2D eigenvalue weighted by Crippen LogP contribution is -2.40. The minimum atomic E-state index is -0.303. The zero-order chi connectivity index (χ0) is 36.0. The summed E-state index contributed by atoms with van der Waals surface area (Å²) in [6, 6.07) is 38.3. The van der Waals surface area contributed by atoms with Crippen molar-refractivity contribution in [2.75, 3.05) is 73.9 Å². The molecule has 8 rings (SSSR count). The fourth-order valence-electron chi connectivity index (χ4n) is 7.30. The molecule has 53 heavy (non-hydrogen) atoms. The second-order valence-electron chi connectivity index (χ2n) is 13.1. The molecule has 5 aromatic rings. The summed E-state index contributed by atoms with van der Waals surface area (Å²) in [5, 5.41) is 9.00. The molecule has 0 radical (unpaired) electrons. The molecule has 270 valence electrons. The SMILES string of the molecule is O=C1c2cccc3c(C4=NN(c5ccccc5)C(c5ccc(N6CCSCCSCCSCCSCC6)cc5)C4)ccc(c23)C(=O)N1c1ccccc1. The molecule has 3 aliphatic heterocycles. The van der Waals surface area contributed by atoms with E-state index in [4.69, 9.17) is 5.10 Å². The number of imide groups is 1. The van der Waals surface area contributed by atoms with Crippen LogP contribution in [0.15, 0.2) is 120 Å². The number of amides is 2. The van der Waals surface area contributed by atoms with E-state index in [1.54, 1.807) is 12.1 Å². The van der Waals surface area contributed by atoms with Crippen LogP contribution in [0.5, 0.6) is 0 Å². The van der Waals surface area contributed by atoms with Crippen molar-refractivity contribution in [2.45, 2.75) is 12.5 Å². The lowest BCUT2D eigenvalue weighted by Gasteiger charge is -2.27. The third-order valence-corrected chi connectivity index (χ3v) is 14.6. The van der Waals surface area contributed by atoms with Crippen LogP contribution < -0.4 is 14.8 Å². The molecule has 0 N–H and O–H groups in total. The van der Waals surface area contributed by atoms with Crippen molar-refractivity contribution in [3.63, 3.8) is 0 Å². The average Bonchev–Trinajstić information content (AvgIpc) is 3.64. The molecule has 3 heterocycles. The molecular formula is C43H42N4O2S4. The molecule has 2 amide bonds. The van der Waals surface area contributed by atoms with Gasteiger partial charge in [0.1, 0.15) is 0 Å². The van der Waals surface area contributed by atoms with Gasteiger partial charge in [-0.1, -0.05) is 66.7 Å². The van der Waals surface area contributed by atoms with E-state index in [0.29, 0.717) is 28.6 Å². The van der Waals surface area contributed by atoms with Gasteiger partial charge in [0.2, 0.25) is 0 Å². The van der Waals surface area contributed by atoms with E-state index in [1.807, 2.05) is 54.6 Å². The molecule has 5 aromatic carbocycles. The van der Waals surface area contributed by atoms with Crippen LogP contribution in [-0.2, 0) is 0 Å². The van der Waals surface area contributed by atoms with Gasteiger partial charge in [0, 0.05) is 93.3 Å². The molecule has 0 spiro atoms. The summed E-state index contributed by atoms with van der Waals surface area (Å²) in [6.45, 7) is 2.10. The van der Waals surface area contributed by atoms with Crippen LogP contribution in [0.2, 0.25) is 0 Å². The fourth-order valence-corrected chi connectivity index (χ4v) is 11.6. The third-order valence-electron chi connectivity index (χ3n) is 9.93. The van der Waals surface area contributed by atoms with Gasteiger partial charge in [-0.2, -0.15) is 52.1 Å². The Morgan fingerprint density at radius 2 is 1.06 bits per heavy atom. The normalized spacial score (nSPS) is 19.2. The molecule has 0 aromatic heterocycles. The van der Waals surface area contributed by atoms with Crippen molar-refractivity contribution in [1.29, 1.82) is 0 Å². The van der Waals surface area contributed by atoms with Crippen molar-refractivity contribution < 1.29 is 9.59 Å². The number of hydrazone groups is 1. The van der Waals surface area contributed by atoms with E-state index in [1.165, 1.54) is 50.7 Å². The first-order chi connectivity index (χ1) is 26.2. The number of hydrogen-bond donors (Lipinski definition) is 0. The highest BCUT2D eigenvalue weighted by atomic mass is 32.2. The maximum Gasteiger partial charge on any atom is 0.265 e. The lowest BCUT2D eigenvalue weighted by molar-refractivity contribution is 0.0893. The summed E-state index contributed by atoms with van der Waals surface area (Å²) in [6.07, 6.45) is 0.692. The first-order valence-corrected chi connectivity index (χ1v) is 22.9. The number of benzene rings is 5. The number of hydrogen-bond acceptors (Lipinski definition) is 9. The minimum Gasteiger partial charge on any atom is -0.370 e. The number of nitrogens with zero attached hydrogens (tertiary/aromatic N) is 4. The quantitative estimate of drug-likeness (QED) is 0.164. The van der Waals surface area contributed by atoms with Crippen LogP contribution in [-0.4, -0.2) is 76.6 Å². The van der Waals surface area contributed by atoms with Gasteiger partial charge < -0.3 is 4.90 Å². The van der Waals surface area contributed by atoms with E-state index in [2.05, 4.69) is 105 Å². The van der Waals surface area contributed by atoms with Crippen LogP contribution >= 0.6 is 47.0 Å². The standard InChI is InChI=1S/C43H42N4O2S4/c48-42-37-13-7-12-36-35(18-19-38(41(36)37)43(49)46(42)33-8-3-1-4-9-33)39-30-40(47(44-39)34-10-5-2-6-11-34)31-14-16-32(17-15-31)45-20-22-50-24-26-52-28-29-53-27-25-51-23-21-45/h1-19,40H,20-30H2. The maximum absolute atomic E-state index is 13.9. The van der Waals surface area contributed by atoms with Crippen LogP contribution in [0.3, 0.4) is 0 Å². The summed E-state index contributed by atoms with van der Waals surface area (Å²) in [5.74, 6) is 9.11. The fraction of sp³-hybridized carbons (Fsp3) is 0.279. The number of thioether (sulfide) groups is 4. The van der Waals surface area contributed by atoms with E-state index < -0.39 is 0 Å². The van der Waals surface area contributed by atoms with Gasteiger partial charge in [0.05, 0.1) is 23.1 Å². The average molecular weight is 775 g/mol. The lowest BCUT2D eigenvalue weighted by atomic mass is 9.88. The highest BCUT2D eigenvalue weighted by Crippen LogP contribution is 2.40. The molecule has 1 saturated heterocycles. The number of rotatable bonds is 5. The van der Waals surface area contributed by atoms with E-state index in [9.17, 15) is 9.59 Å². The molecule has 0 aliphatic carbocycles. The van der Waals surface area contributed by atoms with Gasteiger partial charge in [-0.15, -0.1) is 0 Å². The molecule has 10 heteroatoms. The maximum atomic E-state index is 13.9. The van der Waals surface area contributed by atoms with Gasteiger partial charge in [-0.05, 0) is 59.5 Å². The highest BCUT2D eigenvalue weighted by molar-refractivity contribution is 8.05. The van der Waals surface area contributed by atoms with E-state index >= 15 is 0 Å². The van der Waals surface area contributed by atoms with Gasteiger partial charge in [0.15, 0.2) is 0 Å².